The molecule has 0 bridgehead atoms. The highest BCUT2D eigenvalue weighted by Gasteiger charge is 2.15. The van der Waals surface area contributed by atoms with Crippen molar-refractivity contribution in [1.82, 2.24) is 9.97 Å². The first kappa shape index (κ1) is 11.7. The number of aromatic nitrogens is 2. The van der Waals surface area contributed by atoms with Crippen LogP contribution in [0.2, 0.25) is 0 Å². The molecule has 1 unspecified atom stereocenters. The second-order valence-corrected chi connectivity index (χ2v) is 4.58. The molecule has 1 aromatic heterocycles. The van der Waals surface area contributed by atoms with Gasteiger partial charge in [0.2, 0.25) is 0 Å². The molecule has 0 amide bonds. The van der Waals surface area contributed by atoms with Gasteiger partial charge in [0.25, 0.3) is 0 Å². The molecule has 2 rings (SSSR count). The van der Waals surface area contributed by atoms with Crippen LogP contribution in [0.3, 0.4) is 0 Å². The van der Waals surface area contributed by atoms with Gasteiger partial charge in [-0.05, 0) is 39.5 Å². The maximum atomic E-state index is 5.53. The molecule has 1 aromatic rings. The van der Waals surface area contributed by atoms with Crippen LogP contribution in [0.25, 0.3) is 0 Å². The van der Waals surface area contributed by atoms with Gasteiger partial charge in [-0.3, -0.25) is 0 Å². The summed E-state index contributed by atoms with van der Waals surface area (Å²) in [6.07, 6.45) is 4.63. The monoisotopic (exact) mass is 238 g/mol. The van der Waals surface area contributed by atoms with E-state index in [-0.39, 0.29) is 6.10 Å². The molecule has 0 aliphatic heterocycles. The largest absolute Gasteiger partial charge is 0.371 e. The van der Waals surface area contributed by atoms with Crippen molar-refractivity contribution in [1.29, 1.82) is 0 Å². The van der Waals surface area contributed by atoms with E-state index in [4.69, 9.17) is 17.0 Å². The number of hydrogen-bond donors (Lipinski definition) is 1. The minimum absolute atomic E-state index is 0.000994. The summed E-state index contributed by atoms with van der Waals surface area (Å²) < 4.78 is 6.29. The zero-order valence-electron chi connectivity index (χ0n) is 9.88. The molecular formula is C12H18N2OS. The molecule has 1 aliphatic carbocycles. The molecule has 4 heteroatoms. The van der Waals surface area contributed by atoms with Gasteiger partial charge in [0.1, 0.15) is 16.6 Å². The topological polar surface area (TPSA) is 37.9 Å². The molecule has 1 aliphatic rings. The Bertz CT molecular complexity index is 428. The number of fused-ring (bicyclic) bond motifs is 1. The van der Waals surface area contributed by atoms with Crippen LogP contribution < -0.4 is 0 Å². The summed E-state index contributed by atoms with van der Waals surface area (Å²) in [6, 6.07) is 0. The van der Waals surface area contributed by atoms with Crippen molar-refractivity contribution in [2.75, 3.05) is 6.61 Å². The van der Waals surface area contributed by atoms with Gasteiger partial charge in [0.05, 0.1) is 0 Å². The molecule has 1 heterocycles. The van der Waals surface area contributed by atoms with Crippen LogP contribution in [-0.2, 0) is 17.6 Å². The molecule has 88 valence electrons. The first-order valence-corrected chi connectivity index (χ1v) is 6.36. The van der Waals surface area contributed by atoms with Gasteiger partial charge in [-0.15, -0.1) is 0 Å². The molecule has 0 radical (unpaired) electrons. The van der Waals surface area contributed by atoms with Crippen LogP contribution in [0.5, 0.6) is 0 Å². The van der Waals surface area contributed by atoms with Crippen LogP contribution in [0.1, 0.15) is 49.9 Å². The first-order valence-electron chi connectivity index (χ1n) is 5.96. The lowest BCUT2D eigenvalue weighted by Gasteiger charge is -2.18. The third-order valence-corrected chi connectivity index (χ3v) is 3.37. The van der Waals surface area contributed by atoms with E-state index in [2.05, 4.69) is 9.97 Å². The minimum Gasteiger partial charge on any atom is -0.371 e. The van der Waals surface area contributed by atoms with Gasteiger partial charge >= 0.3 is 0 Å². The SMILES string of the molecule is CCOC(C)c1nc(=S)c2c([nH]1)CCCC2. The van der Waals surface area contributed by atoms with Gasteiger partial charge in [-0.2, -0.15) is 0 Å². The first-order chi connectivity index (χ1) is 7.72. The predicted octanol–water partition coefficient (Wildman–Crippen LogP) is 3.12. The highest BCUT2D eigenvalue weighted by molar-refractivity contribution is 7.71. The summed E-state index contributed by atoms with van der Waals surface area (Å²) in [5.41, 5.74) is 2.52. The third-order valence-electron chi connectivity index (χ3n) is 3.03. The third kappa shape index (κ3) is 2.33. The molecule has 3 nitrogen and oxygen atoms in total. The average Bonchev–Trinajstić information content (AvgIpc) is 2.29. The Kier molecular flexibility index (Phi) is 3.71. The minimum atomic E-state index is -0.000994. The maximum absolute atomic E-state index is 5.53. The average molecular weight is 238 g/mol. The summed E-state index contributed by atoms with van der Waals surface area (Å²) in [4.78, 5) is 7.83. The molecule has 16 heavy (non-hydrogen) atoms. The van der Waals surface area contributed by atoms with E-state index in [0.29, 0.717) is 6.61 Å². The summed E-state index contributed by atoms with van der Waals surface area (Å²) >= 11 is 5.34. The van der Waals surface area contributed by atoms with Crippen molar-refractivity contribution < 1.29 is 4.74 Å². The standard InChI is InChI=1S/C12H18N2OS/c1-3-15-8(2)11-13-10-7-5-4-6-9(10)12(16)14-11/h8H,3-7H2,1-2H3,(H,13,14,16). The van der Waals surface area contributed by atoms with E-state index in [1.54, 1.807) is 0 Å². The molecule has 1 atom stereocenters. The van der Waals surface area contributed by atoms with Gasteiger partial charge < -0.3 is 9.72 Å². The number of ether oxygens (including phenoxy) is 1. The molecule has 0 spiro atoms. The lowest BCUT2D eigenvalue weighted by Crippen LogP contribution is -2.13. The zero-order valence-corrected chi connectivity index (χ0v) is 10.7. The summed E-state index contributed by atoms with van der Waals surface area (Å²) in [5.74, 6) is 0.868. The Balaban J connectivity index is 2.35. The van der Waals surface area contributed by atoms with E-state index < -0.39 is 0 Å². The lowest BCUT2D eigenvalue weighted by molar-refractivity contribution is 0.0697. The van der Waals surface area contributed by atoms with Gasteiger partial charge in [-0.25, -0.2) is 4.98 Å². The molecule has 0 aromatic carbocycles. The molecule has 1 N–H and O–H groups in total. The maximum Gasteiger partial charge on any atom is 0.136 e. The Hall–Kier alpha value is -0.740. The number of rotatable bonds is 3. The van der Waals surface area contributed by atoms with Crippen molar-refractivity contribution in [3.63, 3.8) is 0 Å². The van der Waals surface area contributed by atoms with Crippen LogP contribution in [0.15, 0.2) is 0 Å². The number of hydrogen-bond acceptors (Lipinski definition) is 3. The molecule has 0 saturated heterocycles. The van der Waals surface area contributed by atoms with Gasteiger partial charge in [0, 0.05) is 17.9 Å². The van der Waals surface area contributed by atoms with Gasteiger partial charge in [-0.1, -0.05) is 12.2 Å². The Morgan fingerprint density at radius 2 is 2.19 bits per heavy atom. The van der Waals surface area contributed by atoms with E-state index >= 15 is 0 Å². The lowest BCUT2D eigenvalue weighted by atomic mass is 9.97. The van der Waals surface area contributed by atoms with Crippen LogP contribution in [0, 0.1) is 4.64 Å². The summed E-state index contributed by atoms with van der Waals surface area (Å²) in [5, 5.41) is 0. The van der Waals surface area contributed by atoms with Crippen molar-refractivity contribution in [2.45, 2.75) is 45.6 Å². The quantitative estimate of drug-likeness (QED) is 0.822. The van der Waals surface area contributed by atoms with Crippen molar-refractivity contribution in [2.24, 2.45) is 0 Å². The number of nitrogens with one attached hydrogen (secondary N) is 1. The number of aryl methyl sites for hydroxylation is 1. The normalized spacial score (nSPS) is 16.9. The number of aromatic amines is 1. The van der Waals surface area contributed by atoms with Gasteiger partial charge in [0.15, 0.2) is 0 Å². The summed E-state index contributed by atoms with van der Waals surface area (Å²) in [7, 11) is 0. The fourth-order valence-electron chi connectivity index (χ4n) is 2.16. The summed E-state index contributed by atoms with van der Waals surface area (Å²) in [6.45, 7) is 4.69. The fourth-order valence-corrected chi connectivity index (χ4v) is 2.48. The molecule has 0 saturated carbocycles. The van der Waals surface area contributed by atoms with E-state index in [1.807, 2.05) is 13.8 Å². The Morgan fingerprint density at radius 1 is 1.44 bits per heavy atom. The van der Waals surface area contributed by atoms with Crippen LogP contribution in [0.4, 0.5) is 0 Å². The second kappa shape index (κ2) is 5.06. The molecular weight excluding hydrogens is 220 g/mol. The van der Waals surface area contributed by atoms with Crippen molar-refractivity contribution >= 4 is 12.2 Å². The van der Waals surface area contributed by atoms with Crippen molar-refractivity contribution in [3.05, 3.63) is 21.7 Å². The number of H-pyrrole nitrogens is 1. The Morgan fingerprint density at radius 3 is 2.94 bits per heavy atom. The fraction of sp³-hybridized carbons (Fsp3) is 0.667. The second-order valence-electron chi connectivity index (χ2n) is 4.19. The van der Waals surface area contributed by atoms with E-state index in [1.165, 1.54) is 24.1 Å². The van der Waals surface area contributed by atoms with E-state index in [9.17, 15) is 0 Å². The smallest absolute Gasteiger partial charge is 0.136 e. The highest BCUT2D eigenvalue weighted by atomic mass is 32.1. The number of nitrogens with zero attached hydrogens (tertiary/aromatic N) is 1. The van der Waals surface area contributed by atoms with Crippen molar-refractivity contribution in [3.8, 4) is 0 Å². The highest BCUT2D eigenvalue weighted by Crippen LogP contribution is 2.22. The van der Waals surface area contributed by atoms with Crippen LogP contribution in [-0.4, -0.2) is 16.6 Å². The zero-order chi connectivity index (χ0) is 11.5. The predicted molar refractivity (Wildman–Crippen MR) is 66.1 cm³/mol. The van der Waals surface area contributed by atoms with E-state index in [0.717, 1.165) is 23.3 Å². The molecule has 0 fully saturated rings. The van der Waals surface area contributed by atoms with Crippen LogP contribution >= 0.6 is 12.2 Å². The Labute approximate surface area is 101 Å².